The second-order valence-corrected chi connectivity index (χ2v) is 3.17. The largest absolute Gasteiger partial charge is 0.476 e. The van der Waals surface area contributed by atoms with Gasteiger partial charge in [0.05, 0.1) is 4.92 Å². The molecular weight excluding hydrogens is 190 g/mol. The highest BCUT2D eigenvalue weighted by molar-refractivity contribution is 5.90. The van der Waals surface area contributed by atoms with Crippen LogP contribution in [0.15, 0.2) is 0 Å². The third-order valence-electron chi connectivity index (χ3n) is 2.14. The van der Waals surface area contributed by atoms with Crippen LogP contribution in [0.3, 0.4) is 0 Å². The van der Waals surface area contributed by atoms with Crippen molar-refractivity contribution in [3.8, 4) is 0 Å². The number of nitro groups is 1. The molecule has 0 unspecified atom stereocenters. The molecule has 0 aliphatic heterocycles. The molecule has 1 saturated carbocycles. The molecule has 0 amide bonds. The van der Waals surface area contributed by atoms with E-state index in [1.165, 1.54) is 0 Å². The van der Waals surface area contributed by atoms with Crippen LogP contribution in [0, 0.1) is 10.1 Å². The number of hydrogen-bond donors (Lipinski definition) is 2. The van der Waals surface area contributed by atoms with Gasteiger partial charge in [-0.1, -0.05) is 0 Å². The Morgan fingerprint density at radius 1 is 1.64 bits per heavy atom. The summed E-state index contributed by atoms with van der Waals surface area (Å²) in [6.07, 6.45) is 1.70. The van der Waals surface area contributed by atoms with E-state index in [1.807, 2.05) is 0 Å². The van der Waals surface area contributed by atoms with E-state index in [4.69, 9.17) is 5.11 Å². The molecule has 1 heterocycles. The summed E-state index contributed by atoms with van der Waals surface area (Å²) in [4.78, 5) is 20.5. The number of rotatable bonds is 3. The Kier molecular flexibility index (Phi) is 1.73. The molecule has 0 bridgehead atoms. The minimum atomic E-state index is -1.38. The lowest BCUT2D eigenvalue weighted by Crippen LogP contribution is -2.02. The monoisotopic (exact) mass is 197 g/mol. The Hall–Kier alpha value is -1.92. The molecule has 7 nitrogen and oxygen atoms in total. The van der Waals surface area contributed by atoms with Crippen LogP contribution < -0.4 is 0 Å². The van der Waals surface area contributed by atoms with Gasteiger partial charge in [-0.25, -0.2) is 4.79 Å². The van der Waals surface area contributed by atoms with Crippen molar-refractivity contribution in [1.82, 2.24) is 10.2 Å². The maximum Gasteiger partial charge on any atom is 0.363 e. The number of nitrogens with one attached hydrogen (secondary N) is 1. The molecule has 1 aliphatic carbocycles. The van der Waals surface area contributed by atoms with Gasteiger partial charge in [-0.3, -0.25) is 15.2 Å². The lowest BCUT2D eigenvalue weighted by molar-refractivity contribution is -0.385. The fraction of sp³-hybridized carbons (Fsp3) is 0.429. The van der Waals surface area contributed by atoms with Gasteiger partial charge in [0.15, 0.2) is 0 Å². The van der Waals surface area contributed by atoms with E-state index < -0.39 is 16.6 Å². The number of aromatic amines is 1. The van der Waals surface area contributed by atoms with Crippen LogP contribution in [0.5, 0.6) is 0 Å². The molecule has 0 radical (unpaired) electrons. The number of hydrogen-bond acceptors (Lipinski definition) is 4. The molecule has 2 N–H and O–H groups in total. The van der Waals surface area contributed by atoms with Crippen LogP contribution in [0.1, 0.15) is 34.9 Å². The number of aromatic carboxylic acids is 1. The van der Waals surface area contributed by atoms with E-state index >= 15 is 0 Å². The van der Waals surface area contributed by atoms with Crippen LogP contribution in [0.25, 0.3) is 0 Å². The highest BCUT2D eigenvalue weighted by Crippen LogP contribution is 2.43. The van der Waals surface area contributed by atoms with Crippen molar-refractivity contribution in [3.63, 3.8) is 0 Å². The first-order valence-electron chi connectivity index (χ1n) is 4.07. The first kappa shape index (κ1) is 8.67. The molecule has 0 spiro atoms. The summed E-state index contributed by atoms with van der Waals surface area (Å²) < 4.78 is 0. The first-order chi connectivity index (χ1) is 6.61. The van der Waals surface area contributed by atoms with Crippen molar-refractivity contribution in [2.24, 2.45) is 0 Å². The summed E-state index contributed by atoms with van der Waals surface area (Å²) >= 11 is 0. The fourth-order valence-corrected chi connectivity index (χ4v) is 1.34. The lowest BCUT2D eigenvalue weighted by Gasteiger charge is -1.91. The van der Waals surface area contributed by atoms with Gasteiger partial charge in [-0.05, 0) is 12.8 Å². The van der Waals surface area contributed by atoms with E-state index in [2.05, 4.69) is 10.2 Å². The van der Waals surface area contributed by atoms with E-state index in [9.17, 15) is 14.9 Å². The quantitative estimate of drug-likeness (QED) is 0.552. The molecule has 1 fully saturated rings. The second-order valence-electron chi connectivity index (χ2n) is 3.17. The second kappa shape index (κ2) is 2.79. The lowest BCUT2D eigenvalue weighted by atomic mass is 10.2. The molecule has 1 aromatic rings. The molecular formula is C7H7N3O4. The van der Waals surface area contributed by atoms with Crippen molar-refractivity contribution in [3.05, 3.63) is 21.5 Å². The topological polar surface area (TPSA) is 109 Å². The van der Waals surface area contributed by atoms with Gasteiger partial charge in [0.2, 0.25) is 5.69 Å². The predicted octanol–water partition coefficient (Wildman–Crippen LogP) is 0.893. The van der Waals surface area contributed by atoms with Crippen LogP contribution in [0.4, 0.5) is 5.69 Å². The van der Waals surface area contributed by atoms with Crippen LogP contribution in [-0.2, 0) is 0 Å². The summed E-state index contributed by atoms with van der Waals surface area (Å²) in [5.41, 5.74) is -0.552. The van der Waals surface area contributed by atoms with Crippen LogP contribution in [-0.4, -0.2) is 26.2 Å². The Morgan fingerprint density at radius 3 is 2.71 bits per heavy atom. The normalized spacial score (nSPS) is 15.4. The molecule has 1 aromatic heterocycles. The molecule has 14 heavy (non-hydrogen) atoms. The van der Waals surface area contributed by atoms with Gasteiger partial charge in [0.25, 0.3) is 0 Å². The highest BCUT2D eigenvalue weighted by Gasteiger charge is 2.37. The van der Waals surface area contributed by atoms with E-state index in [1.54, 1.807) is 0 Å². The van der Waals surface area contributed by atoms with Gasteiger partial charge in [-0.2, -0.15) is 5.10 Å². The van der Waals surface area contributed by atoms with Crippen molar-refractivity contribution < 1.29 is 14.8 Å². The van der Waals surface area contributed by atoms with Crippen LogP contribution >= 0.6 is 0 Å². The number of H-pyrrole nitrogens is 1. The highest BCUT2D eigenvalue weighted by atomic mass is 16.6. The number of carboxylic acids is 1. The molecule has 1 aliphatic rings. The number of carboxylic acid groups (broad SMARTS) is 1. The van der Waals surface area contributed by atoms with E-state index in [-0.39, 0.29) is 11.6 Å². The zero-order valence-corrected chi connectivity index (χ0v) is 7.06. The standard InChI is InChI=1S/C7H7N3O4/c11-7(12)5-6(10(13)14)4(8-9-5)3-1-2-3/h3H,1-2H2,(H,8,9)(H,11,12). The molecule has 2 rings (SSSR count). The zero-order chi connectivity index (χ0) is 10.3. The smallest absolute Gasteiger partial charge is 0.363 e. The Labute approximate surface area is 77.9 Å². The Bertz CT molecular complexity index is 407. The number of aromatic nitrogens is 2. The SMILES string of the molecule is O=C(O)c1n[nH]c(C2CC2)c1[N+](=O)[O-]. The molecule has 0 saturated heterocycles. The fourth-order valence-electron chi connectivity index (χ4n) is 1.34. The summed E-state index contributed by atoms with van der Waals surface area (Å²) in [6, 6.07) is 0. The van der Waals surface area contributed by atoms with Gasteiger partial charge in [-0.15, -0.1) is 0 Å². The Morgan fingerprint density at radius 2 is 2.29 bits per heavy atom. The summed E-state index contributed by atoms with van der Waals surface area (Å²) in [7, 11) is 0. The average molecular weight is 197 g/mol. The van der Waals surface area contributed by atoms with Crippen molar-refractivity contribution in [2.75, 3.05) is 0 Å². The minimum absolute atomic E-state index is 0.0796. The van der Waals surface area contributed by atoms with Gasteiger partial charge in [0, 0.05) is 5.92 Å². The molecule has 7 heteroatoms. The summed E-state index contributed by atoms with van der Waals surface area (Å²) in [5, 5.41) is 25.1. The summed E-state index contributed by atoms with van der Waals surface area (Å²) in [6.45, 7) is 0. The van der Waals surface area contributed by atoms with Crippen molar-refractivity contribution in [2.45, 2.75) is 18.8 Å². The summed E-state index contributed by atoms with van der Waals surface area (Å²) in [5.74, 6) is -1.30. The third-order valence-corrected chi connectivity index (χ3v) is 2.14. The van der Waals surface area contributed by atoms with E-state index in [0.717, 1.165) is 12.8 Å². The first-order valence-corrected chi connectivity index (χ1v) is 4.07. The predicted molar refractivity (Wildman–Crippen MR) is 44.2 cm³/mol. The van der Waals surface area contributed by atoms with E-state index in [0.29, 0.717) is 5.69 Å². The maximum atomic E-state index is 10.6. The molecule has 0 aromatic carbocycles. The molecule has 0 atom stereocenters. The van der Waals surface area contributed by atoms with Crippen molar-refractivity contribution in [1.29, 1.82) is 0 Å². The number of carbonyl (C=O) groups is 1. The third kappa shape index (κ3) is 1.22. The minimum Gasteiger partial charge on any atom is -0.476 e. The Balaban J connectivity index is 2.51. The maximum absolute atomic E-state index is 10.6. The van der Waals surface area contributed by atoms with Crippen molar-refractivity contribution >= 4 is 11.7 Å². The zero-order valence-electron chi connectivity index (χ0n) is 7.06. The van der Waals surface area contributed by atoms with Crippen LogP contribution in [0.2, 0.25) is 0 Å². The average Bonchev–Trinajstić information content (AvgIpc) is 2.83. The van der Waals surface area contributed by atoms with Gasteiger partial charge >= 0.3 is 11.7 Å². The molecule has 74 valence electrons. The number of nitrogens with zero attached hydrogens (tertiary/aromatic N) is 2. The van der Waals surface area contributed by atoms with Gasteiger partial charge < -0.3 is 5.11 Å². The van der Waals surface area contributed by atoms with Gasteiger partial charge in [0.1, 0.15) is 5.69 Å².